The van der Waals surface area contributed by atoms with E-state index in [1.165, 1.54) is 21.9 Å². The molecule has 0 saturated carbocycles. The quantitative estimate of drug-likeness (QED) is 0.271. The second kappa shape index (κ2) is 11.9. The third-order valence-corrected chi connectivity index (χ3v) is 7.12. The predicted molar refractivity (Wildman–Crippen MR) is 157 cm³/mol. The average molecular weight is 607 g/mol. The molecule has 43 heavy (non-hydrogen) atoms. The molecule has 3 heterocycles. The summed E-state index contributed by atoms with van der Waals surface area (Å²) in [4.78, 5) is 66.1. The number of amidine groups is 1. The highest BCUT2D eigenvalue weighted by Crippen LogP contribution is 2.44. The summed E-state index contributed by atoms with van der Waals surface area (Å²) in [6.07, 6.45) is 2.58. The van der Waals surface area contributed by atoms with Crippen LogP contribution in [0.3, 0.4) is 0 Å². The number of carbonyl (C=O) groups excluding carboxylic acids is 3. The molecule has 0 spiro atoms. The van der Waals surface area contributed by atoms with Crippen molar-refractivity contribution in [2.24, 2.45) is 4.99 Å². The molecule has 3 amide bonds. The highest BCUT2D eigenvalue weighted by Gasteiger charge is 2.46. The second-order valence-corrected chi connectivity index (χ2v) is 11.6. The molecule has 1 saturated heterocycles. The molecule has 5 rings (SSSR count). The molecular weight excluding hydrogens is 576 g/mol. The fourth-order valence-electron chi connectivity index (χ4n) is 5.08. The van der Waals surface area contributed by atoms with E-state index in [9.17, 15) is 24.3 Å². The van der Waals surface area contributed by atoms with Crippen LogP contribution >= 0.6 is 11.6 Å². The molecule has 224 valence electrons. The van der Waals surface area contributed by atoms with Crippen molar-refractivity contribution in [2.75, 3.05) is 19.6 Å². The molecule has 1 aromatic heterocycles. The Morgan fingerprint density at radius 2 is 1.88 bits per heavy atom. The minimum absolute atomic E-state index is 0.130. The van der Waals surface area contributed by atoms with Crippen molar-refractivity contribution >= 4 is 41.1 Å². The molecule has 13 heteroatoms. The number of Topliss-reactive ketones (excluding diaryl/α,β-unsaturated/α-hetero) is 1. The molecule has 3 N–H and O–H groups in total. The lowest BCUT2D eigenvalue weighted by molar-refractivity contribution is -0.136. The first-order chi connectivity index (χ1) is 20.4. The van der Waals surface area contributed by atoms with Crippen LogP contribution in [-0.4, -0.2) is 79.6 Å². The number of piperazine rings is 1. The van der Waals surface area contributed by atoms with Crippen LogP contribution < -0.4 is 10.1 Å². The van der Waals surface area contributed by atoms with Gasteiger partial charge in [-0.1, -0.05) is 29.8 Å². The number of halogens is 1. The number of rotatable bonds is 7. The maximum atomic E-state index is 14.4. The number of aliphatic imine (C=N–C) groups is 1. The number of ketones is 1. The lowest BCUT2D eigenvalue weighted by Gasteiger charge is -2.35. The van der Waals surface area contributed by atoms with E-state index in [2.05, 4.69) is 15.3 Å². The van der Waals surface area contributed by atoms with E-state index in [0.29, 0.717) is 29.5 Å². The third kappa shape index (κ3) is 6.54. The number of nitrogens with zero attached hydrogens (tertiary/aromatic N) is 4. The number of amides is 3. The highest BCUT2D eigenvalue weighted by atomic mass is 35.5. The van der Waals surface area contributed by atoms with E-state index in [0.717, 1.165) is 5.56 Å². The van der Waals surface area contributed by atoms with E-state index < -0.39 is 41.9 Å². The van der Waals surface area contributed by atoms with Crippen molar-refractivity contribution < 1.29 is 29.0 Å². The molecule has 2 atom stereocenters. The maximum absolute atomic E-state index is 14.4. The first-order valence-corrected chi connectivity index (χ1v) is 14.0. The Balaban J connectivity index is 1.69. The zero-order chi connectivity index (χ0) is 30.9. The molecular formula is C30H31ClN6O6. The maximum Gasteiger partial charge on any atom is 0.326 e. The predicted octanol–water partition coefficient (Wildman–Crippen LogP) is 3.99. The van der Waals surface area contributed by atoms with Gasteiger partial charge in [-0.2, -0.15) is 0 Å². The van der Waals surface area contributed by atoms with Gasteiger partial charge in [0.1, 0.15) is 42.0 Å². The van der Waals surface area contributed by atoms with Gasteiger partial charge in [0, 0.05) is 36.1 Å². The summed E-state index contributed by atoms with van der Waals surface area (Å²) in [7, 11) is 0. The number of nitrogens with one attached hydrogen (secondary N) is 2. The molecule has 0 unspecified atom stereocenters. The summed E-state index contributed by atoms with van der Waals surface area (Å²) in [5, 5.41) is 12.4. The van der Waals surface area contributed by atoms with Gasteiger partial charge < -0.3 is 25.0 Å². The van der Waals surface area contributed by atoms with Gasteiger partial charge >= 0.3 is 12.0 Å². The monoisotopic (exact) mass is 606 g/mol. The number of carbonyl (C=O) groups is 4. The molecule has 2 aliphatic heterocycles. The van der Waals surface area contributed by atoms with Crippen molar-refractivity contribution in [1.29, 1.82) is 0 Å². The lowest BCUT2D eigenvalue weighted by atomic mass is 9.98. The Bertz CT molecular complexity index is 1580. The molecule has 1 fully saturated rings. The molecule has 3 aromatic rings. The van der Waals surface area contributed by atoms with Crippen LogP contribution in [0.1, 0.15) is 66.6 Å². The van der Waals surface area contributed by atoms with Crippen LogP contribution in [0.15, 0.2) is 59.9 Å². The number of hydrogen-bond donors (Lipinski definition) is 3. The van der Waals surface area contributed by atoms with Crippen LogP contribution in [0.2, 0.25) is 5.02 Å². The zero-order valence-electron chi connectivity index (χ0n) is 23.8. The van der Waals surface area contributed by atoms with Crippen molar-refractivity contribution in [3.63, 3.8) is 0 Å². The number of aromatic nitrogens is 2. The summed E-state index contributed by atoms with van der Waals surface area (Å²) in [5.74, 6) is -1.12. The lowest BCUT2D eigenvalue weighted by Crippen LogP contribution is -2.55. The number of H-pyrrole nitrogens is 1. The second-order valence-electron chi connectivity index (χ2n) is 11.2. The average Bonchev–Trinajstić information content (AvgIpc) is 3.60. The Kier molecular flexibility index (Phi) is 8.23. The number of benzene rings is 2. The molecule has 2 aliphatic rings. The van der Waals surface area contributed by atoms with E-state index in [-0.39, 0.29) is 29.6 Å². The van der Waals surface area contributed by atoms with Crippen molar-refractivity contribution in [3.05, 3.63) is 82.4 Å². The topological polar surface area (TPSA) is 157 Å². The van der Waals surface area contributed by atoms with Crippen molar-refractivity contribution in [3.8, 4) is 5.75 Å². The van der Waals surface area contributed by atoms with Crippen LogP contribution in [0, 0.1) is 0 Å². The highest BCUT2D eigenvalue weighted by molar-refractivity contribution is 6.30. The van der Waals surface area contributed by atoms with Crippen LogP contribution in [0.25, 0.3) is 0 Å². The fraction of sp³-hybridized carbons (Fsp3) is 0.333. The van der Waals surface area contributed by atoms with Gasteiger partial charge in [-0.15, -0.1) is 0 Å². The SMILES string of the molecule is CC(C)(C)Oc1cc(C(=O)CC(=O)O)ccc1C1=N[C@@H](c2ncc[nH]2)[C@@H](c2ccc(Cl)cc2)N1C(=O)N1CCNC(=O)C1. The molecule has 12 nitrogen and oxygen atoms in total. The normalized spacial score (nSPS) is 18.7. The number of imidazole rings is 1. The summed E-state index contributed by atoms with van der Waals surface area (Å²) in [5.41, 5.74) is 0.556. The van der Waals surface area contributed by atoms with Gasteiger partial charge in [-0.3, -0.25) is 24.3 Å². The van der Waals surface area contributed by atoms with Gasteiger partial charge in [-0.25, -0.2) is 9.78 Å². The van der Waals surface area contributed by atoms with E-state index in [4.69, 9.17) is 21.3 Å². The Morgan fingerprint density at radius 3 is 2.51 bits per heavy atom. The largest absolute Gasteiger partial charge is 0.487 e. The minimum Gasteiger partial charge on any atom is -0.487 e. The first-order valence-electron chi connectivity index (χ1n) is 13.7. The van der Waals surface area contributed by atoms with Gasteiger partial charge in [-0.05, 0) is 50.6 Å². The molecule has 2 aromatic carbocycles. The van der Waals surface area contributed by atoms with Gasteiger partial charge in [0.2, 0.25) is 5.91 Å². The Morgan fingerprint density at radius 1 is 1.14 bits per heavy atom. The van der Waals surface area contributed by atoms with E-state index in [1.54, 1.807) is 30.6 Å². The van der Waals surface area contributed by atoms with E-state index in [1.807, 2.05) is 32.9 Å². The summed E-state index contributed by atoms with van der Waals surface area (Å²) in [6.45, 7) is 5.95. The standard InChI is InChI=1S/C30H31ClN6O6/c1-30(2,3)43-22-14-18(21(38)15-24(40)41)6-9-20(22)28-35-25(27-33-10-11-34-27)26(17-4-7-19(31)8-5-17)37(28)29(42)36-13-12-32-23(39)16-36/h4-11,14,25-26H,12-13,15-16H2,1-3H3,(H,32,39)(H,33,34)(H,40,41)/t25-,26-/m1/s1. The summed E-state index contributed by atoms with van der Waals surface area (Å²) >= 11 is 6.21. The minimum atomic E-state index is -1.25. The summed E-state index contributed by atoms with van der Waals surface area (Å²) < 4.78 is 6.28. The van der Waals surface area contributed by atoms with Gasteiger partial charge in [0.15, 0.2) is 5.78 Å². The van der Waals surface area contributed by atoms with Crippen LogP contribution in [0.5, 0.6) is 5.75 Å². The number of carboxylic acids is 1. The first kappa shape index (κ1) is 29.8. The number of aromatic amines is 1. The number of ether oxygens (including phenoxy) is 1. The van der Waals surface area contributed by atoms with Crippen LogP contribution in [-0.2, 0) is 9.59 Å². The smallest absolute Gasteiger partial charge is 0.326 e. The number of urea groups is 1. The van der Waals surface area contributed by atoms with E-state index >= 15 is 0 Å². The molecule has 0 aliphatic carbocycles. The van der Waals surface area contributed by atoms with Crippen molar-refractivity contribution in [2.45, 2.75) is 44.9 Å². The van der Waals surface area contributed by atoms with Crippen LogP contribution in [0.4, 0.5) is 4.79 Å². The van der Waals surface area contributed by atoms with Crippen molar-refractivity contribution in [1.82, 2.24) is 25.1 Å². The van der Waals surface area contributed by atoms with Gasteiger partial charge in [0.25, 0.3) is 0 Å². The molecule has 0 bridgehead atoms. The Hall–Kier alpha value is -4.71. The zero-order valence-corrected chi connectivity index (χ0v) is 24.6. The fourth-order valence-corrected chi connectivity index (χ4v) is 5.20. The molecule has 0 radical (unpaired) electrons. The number of hydrogen-bond acceptors (Lipinski definition) is 7. The number of aliphatic carboxylic acids is 1. The summed E-state index contributed by atoms with van der Waals surface area (Å²) in [6, 6.07) is 9.82. The Labute approximate surface area is 252 Å². The van der Waals surface area contributed by atoms with Gasteiger partial charge in [0.05, 0.1) is 11.6 Å². The third-order valence-electron chi connectivity index (χ3n) is 6.87. The number of carboxylic acid groups (broad SMARTS) is 1.